The van der Waals surface area contributed by atoms with E-state index in [-0.39, 0.29) is 11.7 Å². The molecule has 7 nitrogen and oxygen atoms in total. The van der Waals surface area contributed by atoms with E-state index in [9.17, 15) is 9.59 Å². The SMILES string of the molecule is COC(=O)c1c(NC(=O)CSc2nncn2-c2ccc(C)cc2)sc2c1CCCC2. The lowest BCUT2D eigenvalue weighted by molar-refractivity contribution is -0.113. The Labute approximate surface area is 182 Å². The minimum absolute atomic E-state index is 0.160. The molecule has 3 aromatic rings. The molecule has 0 unspecified atom stereocenters. The third kappa shape index (κ3) is 4.27. The van der Waals surface area contributed by atoms with Crippen LogP contribution in [0.3, 0.4) is 0 Å². The fourth-order valence-corrected chi connectivity index (χ4v) is 5.49. The van der Waals surface area contributed by atoms with Crippen LogP contribution in [0, 0.1) is 6.92 Å². The Morgan fingerprint density at radius 3 is 2.77 bits per heavy atom. The van der Waals surface area contributed by atoms with Gasteiger partial charge in [-0.25, -0.2) is 4.79 Å². The second-order valence-electron chi connectivity index (χ2n) is 7.06. The molecule has 0 saturated carbocycles. The predicted molar refractivity (Wildman–Crippen MR) is 118 cm³/mol. The first-order valence-corrected chi connectivity index (χ1v) is 11.5. The molecule has 0 radical (unpaired) electrons. The van der Waals surface area contributed by atoms with E-state index in [2.05, 4.69) is 15.5 Å². The Hall–Kier alpha value is -2.65. The minimum atomic E-state index is -0.392. The first-order chi connectivity index (χ1) is 14.6. The molecule has 1 amide bonds. The average molecular weight is 443 g/mol. The zero-order valence-corrected chi connectivity index (χ0v) is 18.4. The third-order valence-electron chi connectivity index (χ3n) is 4.97. The summed E-state index contributed by atoms with van der Waals surface area (Å²) in [6.45, 7) is 2.03. The number of carbonyl (C=O) groups excluding carboxylic acids is 2. The number of methoxy groups -OCH3 is 1. The zero-order valence-electron chi connectivity index (χ0n) is 16.8. The maximum Gasteiger partial charge on any atom is 0.341 e. The number of thiophene rings is 1. The number of ether oxygens (including phenoxy) is 1. The molecule has 0 saturated heterocycles. The standard InChI is InChI=1S/C21H22N4O3S2/c1-13-7-9-14(10-8-13)25-12-22-24-21(25)29-11-17(26)23-19-18(20(27)28-2)15-5-3-4-6-16(15)30-19/h7-10,12H,3-6,11H2,1-2H3,(H,23,26). The van der Waals surface area contributed by atoms with Crippen molar-refractivity contribution < 1.29 is 14.3 Å². The van der Waals surface area contributed by atoms with Gasteiger partial charge in [0.05, 0.1) is 18.4 Å². The van der Waals surface area contributed by atoms with Crippen LogP contribution in [0.1, 0.15) is 39.2 Å². The Balaban J connectivity index is 1.47. The molecule has 0 atom stereocenters. The summed E-state index contributed by atoms with van der Waals surface area (Å²) < 4.78 is 6.81. The van der Waals surface area contributed by atoms with Crippen LogP contribution in [0.15, 0.2) is 35.7 Å². The number of fused-ring (bicyclic) bond motifs is 1. The summed E-state index contributed by atoms with van der Waals surface area (Å²) in [6.07, 6.45) is 5.57. The Kier molecular flexibility index (Phi) is 6.19. The number of anilines is 1. The van der Waals surface area contributed by atoms with Crippen LogP contribution in [0.5, 0.6) is 0 Å². The van der Waals surface area contributed by atoms with E-state index in [0.29, 0.717) is 15.7 Å². The lowest BCUT2D eigenvalue weighted by Gasteiger charge is -2.11. The van der Waals surface area contributed by atoms with E-state index in [1.165, 1.54) is 40.6 Å². The highest BCUT2D eigenvalue weighted by atomic mass is 32.2. The van der Waals surface area contributed by atoms with Gasteiger partial charge in [-0.2, -0.15) is 0 Å². The van der Waals surface area contributed by atoms with Gasteiger partial charge in [0, 0.05) is 10.6 Å². The molecule has 0 fully saturated rings. The number of thioether (sulfide) groups is 1. The van der Waals surface area contributed by atoms with Crippen LogP contribution in [0.4, 0.5) is 5.00 Å². The Bertz CT molecular complexity index is 1070. The van der Waals surface area contributed by atoms with Gasteiger partial charge < -0.3 is 10.1 Å². The van der Waals surface area contributed by atoms with Gasteiger partial charge in [0.1, 0.15) is 11.3 Å². The second-order valence-corrected chi connectivity index (χ2v) is 9.11. The number of carbonyl (C=O) groups is 2. The normalized spacial score (nSPS) is 13.0. The number of nitrogens with one attached hydrogen (secondary N) is 1. The molecule has 9 heteroatoms. The van der Waals surface area contributed by atoms with E-state index in [0.717, 1.165) is 36.9 Å². The molecule has 0 spiro atoms. The smallest absolute Gasteiger partial charge is 0.341 e. The van der Waals surface area contributed by atoms with Crippen molar-refractivity contribution in [3.63, 3.8) is 0 Å². The van der Waals surface area contributed by atoms with Crippen molar-refractivity contribution in [2.75, 3.05) is 18.2 Å². The molecule has 4 rings (SSSR count). The van der Waals surface area contributed by atoms with Crippen molar-refractivity contribution in [1.29, 1.82) is 0 Å². The molecule has 1 aromatic carbocycles. The Morgan fingerprint density at radius 1 is 1.23 bits per heavy atom. The number of esters is 1. The molecular weight excluding hydrogens is 420 g/mol. The highest BCUT2D eigenvalue weighted by Gasteiger charge is 2.27. The number of benzene rings is 1. The topological polar surface area (TPSA) is 86.1 Å². The van der Waals surface area contributed by atoms with E-state index in [4.69, 9.17) is 4.74 Å². The third-order valence-corrected chi connectivity index (χ3v) is 7.13. The van der Waals surface area contributed by atoms with Crippen molar-refractivity contribution in [3.8, 4) is 5.69 Å². The first-order valence-electron chi connectivity index (χ1n) is 9.69. The fraction of sp³-hybridized carbons (Fsp3) is 0.333. The number of amides is 1. The predicted octanol–water partition coefficient (Wildman–Crippen LogP) is 4.03. The molecule has 0 aliphatic heterocycles. The molecule has 156 valence electrons. The number of aromatic nitrogens is 3. The van der Waals surface area contributed by atoms with Gasteiger partial charge in [-0.15, -0.1) is 21.5 Å². The molecule has 2 heterocycles. The van der Waals surface area contributed by atoms with Crippen LogP contribution in [0.25, 0.3) is 5.69 Å². The molecule has 0 bridgehead atoms. The highest BCUT2D eigenvalue weighted by molar-refractivity contribution is 7.99. The van der Waals surface area contributed by atoms with E-state index in [1.807, 2.05) is 35.8 Å². The van der Waals surface area contributed by atoms with E-state index in [1.54, 1.807) is 6.33 Å². The summed E-state index contributed by atoms with van der Waals surface area (Å²) in [5.41, 5.74) is 3.64. The second kappa shape index (κ2) is 9.01. The lowest BCUT2D eigenvalue weighted by Crippen LogP contribution is -2.17. The summed E-state index contributed by atoms with van der Waals surface area (Å²) in [7, 11) is 1.37. The summed E-state index contributed by atoms with van der Waals surface area (Å²) in [6, 6.07) is 8.01. The van der Waals surface area contributed by atoms with E-state index < -0.39 is 5.97 Å². The first kappa shape index (κ1) is 20.6. The zero-order chi connectivity index (χ0) is 21.1. The molecule has 30 heavy (non-hydrogen) atoms. The summed E-state index contributed by atoms with van der Waals surface area (Å²) in [4.78, 5) is 26.1. The average Bonchev–Trinajstić information content (AvgIpc) is 3.36. The van der Waals surface area contributed by atoms with Gasteiger partial charge >= 0.3 is 5.97 Å². The van der Waals surface area contributed by atoms with Gasteiger partial charge in [-0.3, -0.25) is 9.36 Å². The van der Waals surface area contributed by atoms with Gasteiger partial charge in [0.15, 0.2) is 5.16 Å². The van der Waals surface area contributed by atoms with Crippen molar-refractivity contribution in [1.82, 2.24) is 14.8 Å². The van der Waals surface area contributed by atoms with Crippen molar-refractivity contribution in [3.05, 3.63) is 52.2 Å². The number of rotatable bonds is 6. The van der Waals surface area contributed by atoms with Crippen LogP contribution in [0.2, 0.25) is 0 Å². The van der Waals surface area contributed by atoms with Crippen LogP contribution < -0.4 is 5.32 Å². The summed E-state index contributed by atoms with van der Waals surface area (Å²) in [5, 5.41) is 12.2. The maximum atomic E-state index is 12.6. The molecule has 1 aliphatic carbocycles. The number of hydrogen-bond acceptors (Lipinski definition) is 7. The van der Waals surface area contributed by atoms with Crippen molar-refractivity contribution in [2.45, 2.75) is 37.8 Å². The van der Waals surface area contributed by atoms with E-state index >= 15 is 0 Å². The fourth-order valence-electron chi connectivity index (χ4n) is 3.47. The van der Waals surface area contributed by atoms with Gasteiger partial charge in [0.2, 0.25) is 5.91 Å². The molecule has 1 aliphatic rings. The minimum Gasteiger partial charge on any atom is -0.465 e. The highest BCUT2D eigenvalue weighted by Crippen LogP contribution is 2.38. The van der Waals surface area contributed by atoms with Crippen LogP contribution in [-0.4, -0.2) is 39.5 Å². The van der Waals surface area contributed by atoms with Gasteiger partial charge in [-0.1, -0.05) is 29.5 Å². The van der Waals surface area contributed by atoms with Crippen LogP contribution in [-0.2, 0) is 22.4 Å². The number of aryl methyl sites for hydroxylation is 2. The number of hydrogen-bond donors (Lipinski definition) is 1. The molecular formula is C21H22N4O3S2. The Morgan fingerprint density at radius 2 is 2.00 bits per heavy atom. The lowest BCUT2D eigenvalue weighted by atomic mass is 9.95. The summed E-state index contributed by atoms with van der Waals surface area (Å²) in [5.74, 6) is -0.424. The van der Waals surface area contributed by atoms with Gasteiger partial charge in [0.25, 0.3) is 0 Å². The molecule has 2 aromatic heterocycles. The van der Waals surface area contributed by atoms with Crippen molar-refractivity contribution in [2.24, 2.45) is 0 Å². The quantitative estimate of drug-likeness (QED) is 0.458. The van der Waals surface area contributed by atoms with Crippen LogP contribution >= 0.6 is 23.1 Å². The maximum absolute atomic E-state index is 12.6. The van der Waals surface area contributed by atoms with Gasteiger partial charge in [-0.05, 0) is 50.3 Å². The molecule has 1 N–H and O–H groups in total. The number of nitrogens with zero attached hydrogens (tertiary/aromatic N) is 3. The largest absolute Gasteiger partial charge is 0.465 e. The monoisotopic (exact) mass is 442 g/mol. The summed E-state index contributed by atoms with van der Waals surface area (Å²) >= 11 is 2.78. The van der Waals surface area contributed by atoms with Crippen molar-refractivity contribution >= 4 is 40.0 Å².